The Morgan fingerprint density at radius 1 is 1.33 bits per heavy atom. The van der Waals surface area contributed by atoms with Crippen LogP contribution in [0, 0.1) is 0 Å². The van der Waals surface area contributed by atoms with Crippen LogP contribution in [-0.4, -0.2) is 11.0 Å². The second-order valence-corrected chi connectivity index (χ2v) is 6.92. The van der Waals surface area contributed by atoms with Crippen LogP contribution in [-0.2, 0) is 10.5 Å². The summed E-state index contributed by atoms with van der Waals surface area (Å²) in [6.07, 6.45) is -1.08. The van der Waals surface area contributed by atoms with Crippen molar-refractivity contribution in [2.24, 2.45) is 0 Å². The van der Waals surface area contributed by atoms with Gasteiger partial charge in [-0.3, -0.25) is 4.79 Å². The smallest absolute Gasteiger partial charge is 0.257 e. The number of amides is 1. The first-order valence-corrected chi connectivity index (χ1v) is 8.40. The molecule has 0 saturated heterocycles. The third-order valence-corrected chi connectivity index (χ3v) is 5.64. The molecule has 0 fully saturated rings. The van der Waals surface area contributed by atoms with Crippen LogP contribution in [0.5, 0.6) is 0 Å². The molecule has 0 bridgehead atoms. The second-order valence-electron chi connectivity index (χ2n) is 4.64. The van der Waals surface area contributed by atoms with E-state index in [1.165, 1.54) is 0 Å². The summed E-state index contributed by atoms with van der Waals surface area (Å²) in [5.41, 5.74) is 2.33. The maximum absolute atomic E-state index is 11.5. The quantitative estimate of drug-likeness (QED) is 0.772. The Morgan fingerprint density at radius 2 is 2.10 bits per heavy atom. The molecule has 1 heterocycles. The Morgan fingerprint density at radius 3 is 2.86 bits per heavy atom. The molecule has 1 aliphatic rings. The van der Waals surface area contributed by atoms with Crippen LogP contribution in [0.25, 0.3) is 0 Å². The van der Waals surface area contributed by atoms with E-state index >= 15 is 0 Å². The Hall–Kier alpha value is -1.01. The van der Waals surface area contributed by atoms with Gasteiger partial charge in [0.1, 0.15) is 0 Å². The monoisotopic (exact) mass is 383 g/mol. The fraction of sp³-hybridized carbons (Fsp3) is 0.133. The number of aliphatic hydroxyl groups is 1. The molecule has 1 aliphatic heterocycles. The molecule has 0 radical (unpaired) electrons. The lowest BCUT2D eigenvalue weighted by Gasteiger charge is -2.09. The van der Waals surface area contributed by atoms with Gasteiger partial charge in [0.15, 0.2) is 6.10 Å². The summed E-state index contributed by atoms with van der Waals surface area (Å²) in [5, 5.41) is 13.2. The summed E-state index contributed by atoms with van der Waals surface area (Å²) in [6.45, 7) is 0. The normalized spacial score (nSPS) is 16.7. The maximum atomic E-state index is 11.5. The predicted molar refractivity (Wildman–Crippen MR) is 88.7 cm³/mol. The molecular formula is C15H11BrClNO2S. The van der Waals surface area contributed by atoms with Crippen molar-refractivity contribution < 1.29 is 9.90 Å². The van der Waals surface area contributed by atoms with E-state index in [0.717, 1.165) is 25.7 Å². The van der Waals surface area contributed by atoms with E-state index in [0.29, 0.717) is 11.3 Å². The van der Waals surface area contributed by atoms with Gasteiger partial charge in [-0.2, -0.15) is 0 Å². The molecule has 21 heavy (non-hydrogen) atoms. The van der Waals surface area contributed by atoms with Gasteiger partial charge < -0.3 is 10.4 Å². The van der Waals surface area contributed by atoms with Crippen molar-refractivity contribution in [2.45, 2.75) is 16.8 Å². The highest BCUT2D eigenvalue weighted by molar-refractivity contribution is 9.10. The van der Waals surface area contributed by atoms with Gasteiger partial charge in [0.2, 0.25) is 0 Å². The van der Waals surface area contributed by atoms with Crippen LogP contribution in [0.4, 0.5) is 5.69 Å². The molecule has 3 rings (SSSR count). The van der Waals surface area contributed by atoms with Crippen LogP contribution in [0.2, 0.25) is 5.02 Å². The number of halogens is 2. The third-order valence-electron chi connectivity index (χ3n) is 3.25. The van der Waals surface area contributed by atoms with Crippen molar-refractivity contribution in [3.63, 3.8) is 0 Å². The molecule has 2 N–H and O–H groups in total. The van der Waals surface area contributed by atoms with Crippen LogP contribution < -0.4 is 5.32 Å². The molecule has 0 aliphatic carbocycles. The Balaban J connectivity index is 1.83. The third kappa shape index (κ3) is 2.97. The van der Waals surface area contributed by atoms with Gasteiger partial charge in [-0.15, -0.1) is 11.8 Å². The summed E-state index contributed by atoms with van der Waals surface area (Å²) >= 11 is 11.3. The summed E-state index contributed by atoms with van der Waals surface area (Å²) in [4.78, 5) is 12.5. The standard InChI is InChI=1S/C15H11BrClNO2S/c16-10-5-9-12(18-15(20)14(9)19)6-13(10)21-7-8-3-1-2-4-11(8)17/h1-6,14,19H,7H2,(H,18,20). The van der Waals surface area contributed by atoms with Gasteiger partial charge in [0.25, 0.3) is 5.91 Å². The molecule has 3 nitrogen and oxygen atoms in total. The highest BCUT2D eigenvalue weighted by atomic mass is 79.9. The van der Waals surface area contributed by atoms with E-state index < -0.39 is 6.10 Å². The fourth-order valence-electron chi connectivity index (χ4n) is 2.13. The fourth-order valence-corrected chi connectivity index (χ4v) is 4.07. The first-order chi connectivity index (χ1) is 10.1. The van der Waals surface area contributed by atoms with Crippen molar-refractivity contribution in [3.8, 4) is 0 Å². The Bertz CT molecular complexity index is 723. The zero-order valence-electron chi connectivity index (χ0n) is 10.8. The van der Waals surface area contributed by atoms with Crippen molar-refractivity contribution >= 4 is 50.9 Å². The lowest BCUT2D eigenvalue weighted by Crippen LogP contribution is -2.10. The number of carbonyl (C=O) groups is 1. The first kappa shape index (κ1) is 14.9. The number of hydrogen-bond donors (Lipinski definition) is 2. The lowest BCUT2D eigenvalue weighted by molar-refractivity contribution is -0.123. The molecule has 0 spiro atoms. The maximum Gasteiger partial charge on any atom is 0.257 e. The minimum absolute atomic E-state index is 0.384. The highest BCUT2D eigenvalue weighted by Crippen LogP contribution is 2.40. The van der Waals surface area contributed by atoms with Crippen LogP contribution in [0.15, 0.2) is 45.8 Å². The van der Waals surface area contributed by atoms with Gasteiger partial charge in [-0.25, -0.2) is 0 Å². The summed E-state index contributed by atoms with van der Waals surface area (Å²) in [6, 6.07) is 11.4. The largest absolute Gasteiger partial charge is 0.378 e. The number of aliphatic hydroxyl groups excluding tert-OH is 1. The van der Waals surface area contributed by atoms with E-state index in [2.05, 4.69) is 21.2 Å². The van der Waals surface area contributed by atoms with Gasteiger partial charge in [0, 0.05) is 31.4 Å². The molecule has 1 unspecified atom stereocenters. The molecule has 108 valence electrons. The number of fused-ring (bicyclic) bond motifs is 1. The van der Waals surface area contributed by atoms with Gasteiger partial charge in [-0.05, 0) is 39.7 Å². The zero-order chi connectivity index (χ0) is 15.0. The molecule has 1 amide bonds. The molecule has 1 atom stereocenters. The summed E-state index contributed by atoms with van der Waals surface area (Å²) in [5.74, 6) is 0.346. The minimum atomic E-state index is -1.08. The van der Waals surface area contributed by atoms with Gasteiger partial charge in [0.05, 0.1) is 0 Å². The molecule has 0 saturated carbocycles. The van der Waals surface area contributed by atoms with Gasteiger partial charge >= 0.3 is 0 Å². The van der Waals surface area contributed by atoms with Crippen LogP contribution in [0.1, 0.15) is 17.2 Å². The van der Waals surface area contributed by atoms with Crippen molar-refractivity contribution in [3.05, 3.63) is 57.0 Å². The Labute approximate surface area is 139 Å². The average molecular weight is 385 g/mol. The van der Waals surface area contributed by atoms with E-state index in [4.69, 9.17) is 11.6 Å². The molecule has 2 aromatic rings. The number of nitrogens with one attached hydrogen (secondary N) is 1. The van der Waals surface area contributed by atoms with E-state index in [-0.39, 0.29) is 5.91 Å². The summed E-state index contributed by atoms with van der Waals surface area (Å²) in [7, 11) is 0. The van der Waals surface area contributed by atoms with E-state index in [1.807, 2.05) is 30.3 Å². The van der Waals surface area contributed by atoms with Crippen LogP contribution >= 0.6 is 39.3 Å². The van der Waals surface area contributed by atoms with E-state index in [9.17, 15) is 9.90 Å². The van der Waals surface area contributed by atoms with E-state index in [1.54, 1.807) is 17.8 Å². The molecule has 6 heteroatoms. The number of benzene rings is 2. The SMILES string of the molecule is O=C1Nc2cc(SCc3ccccc3Cl)c(Br)cc2C1O. The highest BCUT2D eigenvalue weighted by Gasteiger charge is 2.29. The predicted octanol–water partition coefficient (Wildman–Crippen LogP) is 4.38. The zero-order valence-corrected chi connectivity index (χ0v) is 13.9. The van der Waals surface area contributed by atoms with Gasteiger partial charge in [-0.1, -0.05) is 29.8 Å². The number of anilines is 1. The lowest BCUT2D eigenvalue weighted by atomic mass is 10.1. The molecule has 0 aromatic heterocycles. The minimum Gasteiger partial charge on any atom is -0.378 e. The second kappa shape index (κ2) is 6.01. The van der Waals surface area contributed by atoms with Crippen molar-refractivity contribution in [1.29, 1.82) is 0 Å². The molecular weight excluding hydrogens is 374 g/mol. The number of carbonyl (C=O) groups excluding carboxylic acids is 1. The Kier molecular flexibility index (Phi) is 4.26. The first-order valence-electron chi connectivity index (χ1n) is 6.25. The number of thioether (sulfide) groups is 1. The number of hydrogen-bond acceptors (Lipinski definition) is 3. The topological polar surface area (TPSA) is 49.3 Å². The average Bonchev–Trinajstić information content (AvgIpc) is 2.73. The molecule has 2 aromatic carbocycles. The van der Waals surface area contributed by atoms with Crippen molar-refractivity contribution in [1.82, 2.24) is 0 Å². The summed E-state index contributed by atoms with van der Waals surface area (Å²) < 4.78 is 0.855. The van der Waals surface area contributed by atoms with Crippen LogP contribution in [0.3, 0.4) is 0 Å². The van der Waals surface area contributed by atoms with Crippen molar-refractivity contribution in [2.75, 3.05) is 5.32 Å². The number of rotatable bonds is 3.